The molecule has 2 aromatic carbocycles. The van der Waals surface area contributed by atoms with Crippen molar-refractivity contribution in [2.75, 3.05) is 11.9 Å². The van der Waals surface area contributed by atoms with Gasteiger partial charge in [0.25, 0.3) is 0 Å². The van der Waals surface area contributed by atoms with Gasteiger partial charge in [-0.05, 0) is 115 Å². The number of benzene rings is 2. The number of hydrogen-bond donors (Lipinski definition) is 1. The van der Waals surface area contributed by atoms with E-state index in [1.807, 2.05) is 41.5 Å². The number of carbonyl (C=O) groups excluding carboxylic acids is 1. The zero-order chi connectivity index (χ0) is 30.7. The average molecular weight is 594 g/mol. The van der Waals surface area contributed by atoms with E-state index in [9.17, 15) is 4.79 Å². The maximum absolute atomic E-state index is 12.5. The number of esters is 1. The molecule has 0 bridgehead atoms. The van der Waals surface area contributed by atoms with Crippen LogP contribution in [0.3, 0.4) is 0 Å². The highest BCUT2D eigenvalue weighted by molar-refractivity contribution is 6.60. The molecule has 0 saturated heterocycles. The molecule has 0 heterocycles. The van der Waals surface area contributed by atoms with Crippen LogP contribution >= 0.6 is 0 Å². The van der Waals surface area contributed by atoms with Crippen LogP contribution in [0.25, 0.3) is 5.57 Å². The molecule has 1 N–H and O–H groups in total. The van der Waals surface area contributed by atoms with Crippen LogP contribution in [0, 0.1) is 13.8 Å². The van der Waals surface area contributed by atoms with Crippen LogP contribution in [0.1, 0.15) is 83.1 Å². The molecule has 0 aromatic heterocycles. The van der Waals surface area contributed by atoms with Crippen LogP contribution < -0.4 is 5.32 Å². The van der Waals surface area contributed by atoms with E-state index >= 15 is 0 Å². The van der Waals surface area contributed by atoms with Gasteiger partial charge in [0.2, 0.25) is 0 Å². The number of carbonyl (C=O) groups is 1. The van der Waals surface area contributed by atoms with Crippen molar-refractivity contribution in [2.45, 2.75) is 111 Å². The van der Waals surface area contributed by atoms with E-state index in [0.29, 0.717) is 31.9 Å². The number of aryl methyl sites for hydroxylation is 3. The minimum atomic E-state index is -2.88. The van der Waals surface area contributed by atoms with Crippen molar-refractivity contribution in [1.29, 1.82) is 0 Å². The number of allylic oxidation sites excluding steroid dienone is 2. The van der Waals surface area contributed by atoms with Crippen LogP contribution in [0.4, 0.5) is 5.69 Å². The molecule has 0 aliphatic heterocycles. The van der Waals surface area contributed by atoms with E-state index in [1.165, 1.54) is 22.3 Å². The van der Waals surface area contributed by atoms with Gasteiger partial charge in [-0.25, -0.2) is 0 Å². The van der Waals surface area contributed by atoms with Crippen LogP contribution in [-0.2, 0) is 29.2 Å². The fourth-order valence-electron chi connectivity index (χ4n) is 4.98. The second-order valence-corrected chi connectivity index (χ2v) is 14.6. The lowest BCUT2D eigenvalue weighted by molar-refractivity contribution is -0.143. The molecule has 0 radical (unpaired) electrons. The van der Waals surface area contributed by atoms with E-state index in [2.05, 4.69) is 79.9 Å². The van der Waals surface area contributed by atoms with Gasteiger partial charge in [-0.3, -0.25) is 4.79 Å². The van der Waals surface area contributed by atoms with Crippen molar-refractivity contribution in [1.82, 2.24) is 0 Å². The Kier molecular flexibility index (Phi) is 13.0. The molecule has 0 saturated carbocycles. The van der Waals surface area contributed by atoms with E-state index in [4.69, 9.17) is 18.0 Å². The van der Waals surface area contributed by atoms with Crippen molar-refractivity contribution in [3.63, 3.8) is 0 Å². The van der Waals surface area contributed by atoms with E-state index in [1.54, 1.807) is 0 Å². The summed E-state index contributed by atoms with van der Waals surface area (Å²) in [5.74, 6) is -0.189. The Morgan fingerprint density at radius 3 is 2.10 bits per heavy atom. The minimum absolute atomic E-state index is 0.00379. The summed E-state index contributed by atoms with van der Waals surface area (Å²) >= 11 is 0. The maximum atomic E-state index is 12.5. The molecule has 1 unspecified atom stereocenters. The number of anilines is 1. The number of rotatable bonds is 16. The molecule has 2 aromatic rings. The zero-order valence-electron chi connectivity index (χ0n) is 26.9. The highest BCUT2D eigenvalue weighted by Gasteiger charge is 2.43. The first-order valence-electron chi connectivity index (χ1n) is 15.4. The molecule has 0 spiro atoms. The van der Waals surface area contributed by atoms with Crippen molar-refractivity contribution in [3.8, 4) is 0 Å². The van der Waals surface area contributed by atoms with E-state index in [0.717, 1.165) is 17.7 Å². The van der Waals surface area contributed by atoms with Gasteiger partial charge in [0, 0.05) is 42.5 Å². The van der Waals surface area contributed by atoms with Crippen LogP contribution in [-0.4, -0.2) is 45.7 Å². The Morgan fingerprint density at radius 1 is 0.905 bits per heavy atom. The maximum Gasteiger partial charge on any atom is 0.501 e. The molecule has 1 atom stereocenters. The molecule has 230 valence electrons. The lowest BCUT2D eigenvalue weighted by Crippen LogP contribution is -2.50. The number of hydrogen-bond acceptors (Lipinski definition) is 6. The normalized spacial score (nSPS) is 15.4. The Hall–Kier alpha value is -2.71. The summed E-state index contributed by atoms with van der Waals surface area (Å²) in [6.45, 7) is 16.6. The van der Waals surface area contributed by atoms with Crippen molar-refractivity contribution >= 4 is 26.0 Å². The predicted octanol–water partition coefficient (Wildman–Crippen LogP) is 8.21. The Balaban J connectivity index is 1.42. The quantitative estimate of drug-likeness (QED) is 0.120. The SMILES string of the molecule is Cc1ccc(NC2C=CC(c3ccc(CCC(=O)OCCC[Si](OC(C)C)(OC(C)C)OC(C)C)cc3)=CC2)cc1C. The monoisotopic (exact) mass is 593 g/mol. The topological polar surface area (TPSA) is 66.0 Å². The first-order valence-corrected chi connectivity index (χ1v) is 17.4. The highest BCUT2D eigenvalue weighted by atomic mass is 28.4. The Labute approximate surface area is 254 Å². The molecule has 42 heavy (non-hydrogen) atoms. The third kappa shape index (κ3) is 11.2. The van der Waals surface area contributed by atoms with Gasteiger partial charge in [-0.15, -0.1) is 0 Å². The summed E-state index contributed by atoms with van der Waals surface area (Å²) in [6.07, 6.45) is 9.28. The number of ether oxygens (including phenoxy) is 1. The summed E-state index contributed by atoms with van der Waals surface area (Å²) in [5, 5.41) is 3.61. The van der Waals surface area contributed by atoms with Crippen LogP contribution in [0.2, 0.25) is 6.04 Å². The van der Waals surface area contributed by atoms with Crippen molar-refractivity contribution in [3.05, 3.63) is 82.9 Å². The van der Waals surface area contributed by atoms with Gasteiger partial charge in [-0.1, -0.05) is 48.6 Å². The van der Waals surface area contributed by atoms with Gasteiger partial charge in [0.15, 0.2) is 0 Å². The second kappa shape index (κ2) is 16.2. The van der Waals surface area contributed by atoms with E-state index < -0.39 is 8.80 Å². The van der Waals surface area contributed by atoms with Gasteiger partial charge < -0.3 is 23.3 Å². The minimum Gasteiger partial charge on any atom is -0.466 e. The molecule has 0 fully saturated rings. The van der Waals surface area contributed by atoms with Gasteiger partial charge >= 0.3 is 14.8 Å². The molecular weight excluding hydrogens is 542 g/mol. The third-order valence-electron chi connectivity index (χ3n) is 7.00. The summed E-state index contributed by atoms with van der Waals surface area (Å²) in [4.78, 5) is 12.5. The summed E-state index contributed by atoms with van der Waals surface area (Å²) in [6, 6.07) is 15.9. The van der Waals surface area contributed by atoms with Crippen LogP contribution in [0.5, 0.6) is 0 Å². The molecule has 1 aliphatic carbocycles. The second-order valence-electron chi connectivity index (χ2n) is 12.0. The summed E-state index contributed by atoms with van der Waals surface area (Å²) in [5.41, 5.74) is 7.30. The molecular formula is C35H51NO5Si. The first-order chi connectivity index (χ1) is 19.9. The molecule has 6 nitrogen and oxygen atoms in total. The molecule has 0 amide bonds. The van der Waals surface area contributed by atoms with Gasteiger partial charge in [-0.2, -0.15) is 0 Å². The lowest BCUT2D eigenvalue weighted by atomic mass is 9.95. The standard InChI is InChI=1S/C35H51NO5Si/c1-25(2)39-42(40-26(3)4,41-27(5)6)23-9-22-38-35(37)21-13-30-11-14-31(15-12-30)32-16-19-33(20-17-32)36-34-18-10-28(7)29(8)24-34/h10-12,14-19,24-27,33,36H,9,13,20-23H2,1-8H3. The van der Waals surface area contributed by atoms with E-state index in [-0.39, 0.29) is 30.3 Å². The smallest absolute Gasteiger partial charge is 0.466 e. The first kappa shape index (κ1) is 33.8. The number of nitrogens with one attached hydrogen (secondary N) is 1. The molecule has 7 heteroatoms. The van der Waals surface area contributed by atoms with Crippen LogP contribution in [0.15, 0.2) is 60.7 Å². The largest absolute Gasteiger partial charge is 0.501 e. The third-order valence-corrected chi connectivity index (χ3v) is 10.5. The fraction of sp³-hybridized carbons (Fsp3) is 0.514. The van der Waals surface area contributed by atoms with Crippen molar-refractivity contribution in [2.24, 2.45) is 0 Å². The molecule has 3 rings (SSSR count). The Bertz CT molecular complexity index is 1180. The molecule has 1 aliphatic rings. The summed E-state index contributed by atoms with van der Waals surface area (Å²) in [7, 11) is -2.88. The average Bonchev–Trinajstić information content (AvgIpc) is 2.91. The van der Waals surface area contributed by atoms with Gasteiger partial charge in [0.05, 0.1) is 6.61 Å². The Morgan fingerprint density at radius 2 is 1.55 bits per heavy atom. The fourth-order valence-corrected chi connectivity index (χ4v) is 8.23. The zero-order valence-corrected chi connectivity index (χ0v) is 27.9. The summed E-state index contributed by atoms with van der Waals surface area (Å²) < 4.78 is 24.2. The van der Waals surface area contributed by atoms with Gasteiger partial charge in [0.1, 0.15) is 0 Å². The van der Waals surface area contributed by atoms with Crippen molar-refractivity contribution < 1.29 is 22.8 Å². The lowest BCUT2D eigenvalue weighted by Gasteiger charge is -2.34. The highest BCUT2D eigenvalue weighted by Crippen LogP contribution is 2.26. The predicted molar refractivity (Wildman–Crippen MR) is 175 cm³/mol.